The molecule has 0 spiro atoms. The second-order valence-corrected chi connectivity index (χ2v) is 5.56. The summed E-state index contributed by atoms with van der Waals surface area (Å²) in [5, 5.41) is 10.4. The average molecular weight is 287 g/mol. The number of carbonyl (C=O) groups is 1. The van der Waals surface area contributed by atoms with Crippen molar-refractivity contribution in [3.05, 3.63) is 29.6 Å². The molecular formula is C16H21N3O2. The summed E-state index contributed by atoms with van der Waals surface area (Å²) in [6.07, 6.45) is 6.67. The van der Waals surface area contributed by atoms with Gasteiger partial charge in [-0.25, -0.2) is 0 Å². The van der Waals surface area contributed by atoms with Gasteiger partial charge in [-0.05, 0) is 18.9 Å². The normalized spacial score (nSPS) is 16.1. The number of amides is 1. The second kappa shape index (κ2) is 6.70. The van der Waals surface area contributed by atoms with Crippen molar-refractivity contribution in [1.82, 2.24) is 9.88 Å². The van der Waals surface area contributed by atoms with Crippen LogP contribution in [0.25, 0.3) is 0 Å². The van der Waals surface area contributed by atoms with E-state index in [9.17, 15) is 9.90 Å². The summed E-state index contributed by atoms with van der Waals surface area (Å²) >= 11 is 0. The van der Waals surface area contributed by atoms with E-state index in [2.05, 4.69) is 16.8 Å². The molecular weight excluding hydrogens is 266 g/mol. The first-order valence-electron chi connectivity index (χ1n) is 7.16. The fraction of sp³-hybridized carbons (Fsp3) is 0.500. The van der Waals surface area contributed by atoms with Gasteiger partial charge in [0.15, 0.2) is 0 Å². The molecule has 0 aliphatic heterocycles. The van der Waals surface area contributed by atoms with Crippen LogP contribution in [0.4, 0.5) is 0 Å². The van der Waals surface area contributed by atoms with Crippen LogP contribution < -0.4 is 5.73 Å². The van der Waals surface area contributed by atoms with E-state index in [4.69, 9.17) is 5.73 Å². The Morgan fingerprint density at radius 3 is 2.86 bits per heavy atom. The van der Waals surface area contributed by atoms with E-state index >= 15 is 0 Å². The van der Waals surface area contributed by atoms with E-state index in [1.54, 1.807) is 24.2 Å². The predicted octanol–water partition coefficient (Wildman–Crippen LogP) is 0.769. The van der Waals surface area contributed by atoms with Crippen LogP contribution in [0, 0.1) is 11.8 Å². The zero-order chi connectivity index (χ0) is 15.3. The first-order valence-corrected chi connectivity index (χ1v) is 7.16. The summed E-state index contributed by atoms with van der Waals surface area (Å²) in [5.74, 6) is 5.45. The monoisotopic (exact) mass is 287 g/mol. The fourth-order valence-corrected chi connectivity index (χ4v) is 2.70. The zero-order valence-corrected chi connectivity index (χ0v) is 12.3. The number of rotatable bonds is 3. The van der Waals surface area contributed by atoms with Gasteiger partial charge in [0, 0.05) is 31.5 Å². The number of aromatic nitrogens is 1. The molecule has 0 unspecified atom stereocenters. The summed E-state index contributed by atoms with van der Waals surface area (Å²) in [7, 11) is 1.71. The molecule has 1 heterocycles. The van der Waals surface area contributed by atoms with Crippen molar-refractivity contribution in [1.29, 1.82) is 0 Å². The van der Waals surface area contributed by atoms with E-state index in [0.29, 0.717) is 17.7 Å². The minimum Gasteiger partial charge on any atom is -0.388 e. The number of carbonyl (C=O) groups excluding carboxylic acids is 1. The van der Waals surface area contributed by atoms with E-state index < -0.39 is 5.60 Å². The van der Waals surface area contributed by atoms with Crippen molar-refractivity contribution in [2.45, 2.75) is 31.3 Å². The third-order valence-corrected chi connectivity index (χ3v) is 3.73. The molecule has 1 aromatic heterocycles. The van der Waals surface area contributed by atoms with Gasteiger partial charge in [-0.15, -0.1) is 0 Å². The number of nitrogens with zero attached hydrogens (tertiary/aromatic N) is 2. The third-order valence-electron chi connectivity index (χ3n) is 3.73. The Balaban J connectivity index is 2.08. The minimum absolute atomic E-state index is 0.153. The van der Waals surface area contributed by atoms with Gasteiger partial charge in [-0.3, -0.25) is 9.78 Å². The molecule has 2 rings (SSSR count). The lowest BCUT2D eigenvalue weighted by molar-refractivity contribution is 0.0156. The standard InChI is InChI=1S/C16H21N3O2/c1-19(12-16(21)6-2-3-7-16)15(20)14-9-13(5-4-8-17)10-18-11-14/h9-11,21H,2-3,6-8,12,17H2,1H3. The Morgan fingerprint density at radius 2 is 2.19 bits per heavy atom. The molecule has 0 radical (unpaired) electrons. The predicted molar refractivity (Wildman–Crippen MR) is 80.5 cm³/mol. The largest absolute Gasteiger partial charge is 0.388 e. The Morgan fingerprint density at radius 1 is 1.48 bits per heavy atom. The molecule has 0 saturated heterocycles. The first-order chi connectivity index (χ1) is 10.0. The Bertz CT molecular complexity index is 568. The fourth-order valence-electron chi connectivity index (χ4n) is 2.70. The maximum absolute atomic E-state index is 12.4. The number of nitrogens with two attached hydrogens (primary N) is 1. The van der Waals surface area contributed by atoms with Crippen LogP contribution in [0.2, 0.25) is 0 Å². The third kappa shape index (κ3) is 4.03. The molecule has 1 saturated carbocycles. The zero-order valence-electron chi connectivity index (χ0n) is 12.3. The van der Waals surface area contributed by atoms with Gasteiger partial charge in [-0.2, -0.15) is 0 Å². The molecule has 1 aromatic rings. The van der Waals surface area contributed by atoms with Crippen molar-refractivity contribution in [2.75, 3.05) is 20.1 Å². The van der Waals surface area contributed by atoms with E-state index in [0.717, 1.165) is 25.7 Å². The van der Waals surface area contributed by atoms with Gasteiger partial charge in [0.2, 0.25) is 0 Å². The van der Waals surface area contributed by atoms with Gasteiger partial charge >= 0.3 is 0 Å². The average Bonchev–Trinajstić information content (AvgIpc) is 2.90. The van der Waals surface area contributed by atoms with Crippen molar-refractivity contribution in [3.63, 3.8) is 0 Å². The SMILES string of the molecule is CN(CC1(O)CCCC1)C(=O)c1cncc(C#CCN)c1. The number of hydrogen-bond acceptors (Lipinski definition) is 4. The molecule has 1 aliphatic rings. The van der Waals surface area contributed by atoms with E-state index in [1.807, 2.05) is 0 Å². The van der Waals surface area contributed by atoms with E-state index in [1.165, 1.54) is 6.20 Å². The lowest BCUT2D eigenvalue weighted by Crippen LogP contribution is -2.42. The van der Waals surface area contributed by atoms with Crippen molar-refractivity contribution < 1.29 is 9.90 Å². The Kier molecular flexibility index (Phi) is 4.94. The quantitative estimate of drug-likeness (QED) is 0.805. The molecule has 0 atom stereocenters. The molecule has 0 aromatic carbocycles. The van der Waals surface area contributed by atoms with Gasteiger partial charge in [0.1, 0.15) is 0 Å². The maximum atomic E-state index is 12.4. The molecule has 3 N–H and O–H groups in total. The highest BCUT2D eigenvalue weighted by Gasteiger charge is 2.33. The summed E-state index contributed by atoms with van der Waals surface area (Å²) in [6.45, 7) is 0.621. The number of aliphatic hydroxyl groups is 1. The molecule has 21 heavy (non-hydrogen) atoms. The summed E-state index contributed by atoms with van der Waals surface area (Å²) in [4.78, 5) is 18.0. The first kappa shape index (κ1) is 15.5. The van der Waals surface area contributed by atoms with Crippen LogP contribution in [0.15, 0.2) is 18.5 Å². The Labute approximate surface area is 125 Å². The molecule has 1 aliphatic carbocycles. The van der Waals surface area contributed by atoms with Crippen LogP contribution in [-0.2, 0) is 0 Å². The van der Waals surface area contributed by atoms with Crippen molar-refractivity contribution in [2.24, 2.45) is 5.73 Å². The molecule has 112 valence electrons. The maximum Gasteiger partial charge on any atom is 0.255 e. The van der Waals surface area contributed by atoms with Crippen LogP contribution in [0.3, 0.4) is 0 Å². The van der Waals surface area contributed by atoms with Gasteiger partial charge in [0.25, 0.3) is 5.91 Å². The lowest BCUT2D eigenvalue weighted by Gasteiger charge is -2.28. The Hall–Kier alpha value is -1.90. The molecule has 1 fully saturated rings. The topological polar surface area (TPSA) is 79.5 Å². The highest BCUT2D eigenvalue weighted by Crippen LogP contribution is 2.30. The summed E-state index contributed by atoms with van der Waals surface area (Å²) in [5.41, 5.74) is 5.73. The van der Waals surface area contributed by atoms with Gasteiger partial charge in [-0.1, -0.05) is 24.7 Å². The van der Waals surface area contributed by atoms with Crippen LogP contribution in [0.5, 0.6) is 0 Å². The lowest BCUT2D eigenvalue weighted by atomic mass is 10.0. The summed E-state index contributed by atoms with van der Waals surface area (Å²) < 4.78 is 0. The molecule has 1 amide bonds. The summed E-state index contributed by atoms with van der Waals surface area (Å²) in [6, 6.07) is 1.70. The smallest absolute Gasteiger partial charge is 0.255 e. The van der Waals surface area contributed by atoms with E-state index in [-0.39, 0.29) is 12.5 Å². The second-order valence-electron chi connectivity index (χ2n) is 5.56. The molecule has 0 bridgehead atoms. The van der Waals surface area contributed by atoms with Crippen LogP contribution >= 0.6 is 0 Å². The van der Waals surface area contributed by atoms with Gasteiger partial charge in [0.05, 0.1) is 17.7 Å². The number of hydrogen-bond donors (Lipinski definition) is 2. The highest BCUT2D eigenvalue weighted by molar-refractivity contribution is 5.94. The van der Waals surface area contributed by atoms with Crippen molar-refractivity contribution >= 4 is 5.91 Å². The minimum atomic E-state index is -0.741. The molecule has 5 heteroatoms. The molecule has 5 nitrogen and oxygen atoms in total. The number of likely N-dealkylation sites (N-methyl/N-ethyl adjacent to an activating group) is 1. The van der Waals surface area contributed by atoms with Crippen molar-refractivity contribution in [3.8, 4) is 11.8 Å². The number of pyridine rings is 1. The van der Waals surface area contributed by atoms with Crippen LogP contribution in [0.1, 0.15) is 41.6 Å². The van der Waals surface area contributed by atoms with Crippen LogP contribution in [-0.4, -0.2) is 46.6 Å². The van der Waals surface area contributed by atoms with Gasteiger partial charge < -0.3 is 15.7 Å². The highest BCUT2D eigenvalue weighted by atomic mass is 16.3.